The van der Waals surface area contributed by atoms with Crippen LogP contribution in [0.3, 0.4) is 0 Å². The van der Waals surface area contributed by atoms with Gasteiger partial charge in [0.1, 0.15) is 0 Å². The summed E-state index contributed by atoms with van der Waals surface area (Å²) in [5.74, 6) is 0. The van der Waals surface area contributed by atoms with E-state index in [-0.39, 0.29) is 0 Å². The van der Waals surface area contributed by atoms with Crippen molar-refractivity contribution in [3.05, 3.63) is 0 Å². The smallest absolute Gasteiger partial charge is 0.0107 e. The maximum atomic E-state index is 3.67. The van der Waals surface area contributed by atoms with Crippen LogP contribution in [-0.2, 0) is 0 Å². The Balaban J connectivity index is 1.52. The lowest BCUT2D eigenvalue weighted by Gasteiger charge is -2.35. The zero-order chi connectivity index (χ0) is 9.80. The van der Waals surface area contributed by atoms with Crippen molar-refractivity contribution < 1.29 is 0 Å². The summed E-state index contributed by atoms with van der Waals surface area (Å²) < 4.78 is 0. The van der Waals surface area contributed by atoms with E-state index in [2.05, 4.69) is 17.3 Å². The third-order valence-electron chi connectivity index (χ3n) is 3.95. The van der Waals surface area contributed by atoms with Crippen molar-refractivity contribution in [2.75, 3.05) is 20.1 Å². The monoisotopic (exact) mass is 196 g/mol. The average molecular weight is 196 g/mol. The van der Waals surface area contributed by atoms with Crippen molar-refractivity contribution in [2.24, 2.45) is 0 Å². The minimum atomic E-state index is 0.838. The Morgan fingerprint density at radius 3 is 2.36 bits per heavy atom. The predicted octanol–water partition coefficient (Wildman–Crippen LogP) is 2.00. The van der Waals surface area contributed by atoms with Gasteiger partial charge in [0, 0.05) is 25.2 Å². The molecule has 2 heteroatoms. The highest BCUT2D eigenvalue weighted by atomic mass is 15.1. The van der Waals surface area contributed by atoms with E-state index in [1.54, 1.807) is 0 Å². The quantitative estimate of drug-likeness (QED) is 0.723. The molecule has 0 aromatic rings. The van der Waals surface area contributed by atoms with Crippen LogP contribution in [0.2, 0.25) is 0 Å². The number of nitrogens with one attached hydrogen (secondary N) is 1. The van der Waals surface area contributed by atoms with Crippen molar-refractivity contribution in [3.63, 3.8) is 0 Å². The fourth-order valence-electron chi connectivity index (χ4n) is 2.59. The third kappa shape index (κ3) is 2.71. The number of likely N-dealkylation sites (N-methyl/N-ethyl adjacent to an activating group) is 1. The second-order valence-electron chi connectivity index (χ2n) is 5.00. The Morgan fingerprint density at radius 2 is 1.79 bits per heavy atom. The van der Waals surface area contributed by atoms with Gasteiger partial charge in [0.25, 0.3) is 0 Å². The van der Waals surface area contributed by atoms with Gasteiger partial charge in [0.2, 0.25) is 0 Å². The first-order valence-electron chi connectivity index (χ1n) is 6.30. The Bertz CT molecular complexity index is 160. The summed E-state index contributed by atoms with van der Waals surface area (Å²) in [5.41, 5.74) is 0. The molecule has 0 amide bonds. The Labute approximate surface area is 88.1 Å². The molecule has 14 heavy (non-hydrogen) atoms. The Morgan fingerprint density at radius 1 is 1.07 bits per heavy atom. The summed E-state index contributed by atoms with van der Waals surface area (Å²) in [6.45, 7) is 2.43. The molecule has 0 unspecified atom stereocenters. The number of hydrogen-bond donors (Lipinski definition) is 1. The van der Waals surface area contributed by atoms with E-state index in [0.29, 0.717) is 0 Å². The molecule has 2 aliphatic rings. The molecule has 0 spiro atoms. The number of rotatable bonds is 5. The van der Waals surface area contributed by atoms with Gasteiger partial charge in [-0.1, -0.05) is 19.3 Å². The van der Waals surface area contributed by atoms with Crippen LogP contribution in [0.25, 0.3) is 0 Å². The Hall–Kier alpha value is -0.0800. The minimum Gasteiger partial charge on any atom is -0.313 e. The van der Waals surface area contributed by atoms with Crippen LogP contribution in [0.15, 0.2) is 0 Å². The van der Waals surface area contributed by atoms with Gasteiger partial charge in [-0.05, 0) is 32.7 Å². The van der Waals surface area contributed by atoms with Crippen LogP contribution in [-0.4, -0.2) is 37.1 Å². The Kier molecular flexibility index (Phi) is 3.82. The van der Waals surface area contributed by atoms with Gasteiger partial charge in [0.15, 0.2) is 0 Å². The van der Waals surface area contributed by atoms with Crippen molar-refractivity contribution >= 4 is 0 Å². The van der Waals surface area contributed by atoms with Crippen LogP contribution >= 0.6 is 0 Å². The molecule has 0 radical (unpaired) electrons. The lowest BCUT2D eigenvalue weighted by atomic mass is 9.92. The molecule has 2 aliphatic carbocycles. The second kappa shape index (κ2) is 5.13. The molecular formula is C12H24N2. The third-order valence-corrected chi connectivity index (χ3v) is 3.95. The van der Waals surface area contributed by atoms with Gasteiger partial charge < -0.3 is 10.2 Å². The average Bonchev–Trinajstić information content (AvgIpc) is 2.53. The van der Waals surface area contributed by atoms with Gasteiger partial charge in [-0.3, -0.25) is 0 Å². The summed E-state index contributed by atoms with van der Waals surface area (Å²) in [5, 5.41) is 3.67. The number of nitrogens with zero attached hydrogens (tertiary/aromatic N) is 1. The molecule has 2 rings (SSSR count). The van der Waals surface area contributed by atoms with Crippen LogP contribution in [0, 0.1) is 0 Å². The van der Waals surface area contributed by atoms with E-state index in [0.717, 1.165) is 12.1 Å². The summed E-state index contributed by atoms with van der Waals surface area (Å²) >= 11 is 0. The molecule has 0 aromatic carbocycles. The summed E-state index contributed by atoms with van der Waals surface area (Å²) in [6.07, 6.45) is 10.0. The highest BCUT2D eigenvalue weighted by Gasteiger charge is 2.21. The van der Waals surface area contributed by atoms with Gasteiger partial charge in [-0.15, -0.1) is 0 Å². The van der Waals surface area contributed by atoms with E-state index in [1.807, 2.05) is 0 Å². The lowest BCUT2D eigenvalue weighted by molar-refractivity contribution is 0.159. The van der Waals surface area contributed by atoms with Crippen LogP contribution < -0.4 is 5.32 Å². The molecule has 2 nitrogen and oxygen atoms in total. The molecule has 2 saturated carbocycles. The van der Waals surface area contributed by atoms with E-state index < -0.39 is 0 Å². The van der Waals surface area contributed by atoms with E-state index >= 15 is 0 Å². The minimum absolute atomic E-state index is 0.838. The zero-order valence-electron chi connectivity index (χ0n) is 9.47. The molecule has 1 N–H and O–H groups in total. The molecule has 0 atom stereocenters. The number of hydrogen-bond acceptors (Lipinski definition) is 2. The van der Waals surface area contributed by atoms with Crippen LogP contribution in [0.1, 0.15) is 44.9 Å². The molecule has 0 bridgehead atoms. The van der Waals surface area contributed by atoms with Crippen molar-refractivity contribution in [2.45, 2.75) is 57.0 Å². The molecule has 0 saturated heterocycles. The van der Waals surface area contributed by atoms with E-state index in [9.17, 15) is 0 Å². The maximum Gasteiger partial charge on any atom is 0.0107 e. The highest BCUT2D eigenvalue weighted by molar-refractivity contribution is 4.79. The standard InChI is InChI=1S/C12H24N2/c1-14(12-7-4-8-12)10-9-13-11-5-2-3-6-11/h11-13H,2-10H2,1H3. The molecule has 0 aromatic heterocycles. The van der Waals surface area contributed by atoms with Crippen LogP contribution in [0.5, 0.6) is 0 Å². The van der Waals surface area contributed by atoms with E-state index in [4.69, 9.17) is 0 Å². The summed E-state index contributed by atoms with van der Waals surface area (Å²) in [6, 6.07) is 1.74. The summed E-state index contributed by atoms with van der Waals surface area (Å²) in [4.78, 5) is 2.53. The predicted molar refractivity (Wildman–Crippen MR) is 60.5 cm³/mol. The normalized spacial score (nSPS) is 24.4. The lowest BCUT2D eigenvalue weighted by Crippen LogP contribution is -2.42. The highest BCUT2D eigenvalue weighted by Crippen LogP contribution is 2.23. The molecule has 0 heterocycles. The SMILES string of the molecule is CN(CCNC1CCCC1)C1CCC1. The molecule has 2 fully saturated rings. The van der Waals surface area contributed by atoms with Gasteiger partial charge in [-0.2, -0.15) is 0 Å². The largest absolute Gasteiger partial charge is 0.313 e. The van der Waals surface area contributed by atoms with Gasteiger partial charge in [0.05, 0.1) is 0 Å². The van der Waals surface area contributed by atoms with Crippen molar-refractivity contribution in [1.82, 2.24) is 10.2 Å². The second-order valence-corrected chi connectivity index (χ2v) is 5.00. The molecule has 82 valence electrons. The van der Waals surface area contributed by atoms with Crippen molar-refractivity contribution in [3.8, 4) is 0 Å². The maximum absolute atomic E-state index is 3.67. The fraction of sp³-hybridized carbons (Fsp3) is 1.00. The van der Waals surface area contributed by atoms with Crippen LogP contribution in [0.4, 0.5) is 0 Å². The zero-order valence-corrected chi connectivity index (χ0v) is 9.47. The fourth-order valence-corrected chi connectivity index (χ4v) is 2.59. The topological polar surface area (TPSA) is 15.3 Å². The summed E-state index contributed by atoms with van der Waals surface area (Å²) in [7, 11) is 2.28. The van der Waals surface area contributed by atoms with Gasteiger partial charge in [-0.25, -0.2) is 0 Å². The first-order chi connectivity index (χ1) is 6.86. The van der Waals surface area contributed by atoms with E-state index in [1.165, 1.54) is 58.0 Å². The molecular weight excluding hydrogens is 172 g/mol. The first-order valence-corrected chi connectivity index (χ1v) is 6.30. The first kappa shape index (κ1) is 10.4. The molecule has 0 aliphatic heterocycles. The van der Waals surface area contributed by atoms with Crippen molar-refractivity contribution in [1.29, 1.82) is 0 Å². The van der Waals surface area contributed by atoms with Gasteiger partial charge >= 0.3 is 0 Å².